The molecule has 0 unspecified atom stereocenters. The van der Waals surface area contributed by atoms with Crippen molar-refractivity contribution in [1.82, 2.24) is 10.3 Å². The molecule has 22 heavy (non-hydrogen) atoms. The van der Waals surface area contributed by atoms with E-state index in [0.717, 1.165) is 18.2 Å². The van der Waals surface area contributed by atoms with Crippen molar-refractivity contribution < 1.29 is 22.8 Å². The van der Waals surface area contributed by atoms with Crippen molar-refractivity contribution in [2.45, 2.75) is 12.6 Å². The van der Waals surface area contributed by atoms with Crippen molar-refractivity contribution in [1.29, 1.82) is 0 Å². The fourth-order valence-corrected chi connectivity index (χ4v) is 2.30. The van der Waals surface area contributed by atoms with E-state index in [-0.39, 0.29) is 23.8 Å². The fraction of sp³-hybridized carbons (Fsp3) is 0.429. The average molecular weight is 315 g/mol. The van der Waals surface area contributed by atoms with Gasteiger partial charge in [0.25, 0.3) is 5.91 Å². The monoisotopic (exact) mass is 315 g/mol. The first-order chi connectivity index (χ1) is 10.3. The van der Waals surface area contributed by atoms with Crippen LogP contribution in [0, 0.1) is 5.92 Å². The maximum Gasteiger partial charge on any atom is 0.416 e. The molecule has 1 aromatic carbocycles. The van der Waals surface area contributed by atoms with E-state index in [0.29, 0.717) is 19.5 Å². The van der Waals surface area contributed by atoms with Gasteiger partial charge in [-0.15, -0.1) is 0 Å². The largest absolute Gasteiger partial charge is 0.416 e. The molecule has 0 bridgehead atoms. The van der Waals surface area contributed by atoms with Gasteiger partial charge in [-0.05, 0) is 24.6 Å². The highest BCUT2D eigenvalue weighted by molar-refractivity contribution is 5.97. The molecule has 2 rings (SSSR count). The molecule has 120 valence electrons. The van der Waals surface area contributed by atoms with E-state index >= 15 is 0 Å². The molecule has 0 saturated carbocycles. The van der Waals surface area contributed by atoms with Crippen LogP contribution in [0.15, 0.2) is 24.3 Å². The number of hydrogen-bond donors (Lipinski definition) is 2. The van der Waals surface area contributed by atoms with Crippen LogP contribution in [-0.2, 0) is 11.0 Å². The van der Waals surface area contributed by atoms with Crippen molar-refractivity contribution >= 4 is 11.7 Å². The topological polar surface area (TPSA) is 75.4 Å². The minimum absolute atomic E-state index is 0.130. The Morgan fingerprint density at radius 2 is 2.09 bits per heavy atom. The minimum atomic E-state index is -4.51. The molecule has 1 aliphatic heterocycles. The van der Waals surface area contributed by atoms with Gasteiger partial charge >= 0.3 is 6.18 Å². The van der Waals surface area contributed by atoms with Gasteiger partial charge in [0.05, 0.1) is 12.1 Å². The molecule has 0 spiro atoms. The highest BCUT2D eigenvalue weighted by Crippen LogP contribution is 2.29. The number of alkyl halides is 3. The number of benzene rings is 1. The van der Waals surface area contributed by atoms with Gasteiger partial charge in [-0.25, -0.2) is 5.01 Å². The molecule has 1 atom stereocenters. The van der Waals surface area contributed by atoms with Crippen LogP contribution in [0.3, 0.4) is 0 Å². The number of halogens is 3. The third-order valence-corrected chi connectivity index (χ3v) is 3.55. The van der Waals surface area contributed by atoms with Gasteiger partial charge in [0, 0.05) is 24.6 Å². The predicted octanol–water partition coefficient (Wildman–Crippen LogP) is 1.20. The van der Waals surface area contributed by atoms with Gasteiger partial charge in [-0.3, -0.25) is 15.4 Å². The second-order valence-corrected chi connectivity index (χ2v) is 5.21. The number of ketones is 1. The van der Waals surface area contributed by atoms with Crippen LogP contribution in [0.1, 0.15) is 22.3 Å². The molecule has 1 aliphatic rings. The second-order valence-electron chi connectivity index (χ2n) is 5.21. The molecule has 1 heterocycles. The highest BCUT2D eigenvalue weighted by Gasteiger charge is 2.31. The minimum Gasteiger partial charge on any atom is -0.345 e. The first-order valence-electron chi connectivity index (χ1n) is 6.75. The zero-order valence-corrected chi connectivity index (χ0v) is 11.7. The maximum absolute atomic E-state index is 12.6. The molecule has 0 radical (unpaired) electrons. The lowest BCUT2D eigenvalue weighted by molar-refractivity contribution is -0.137. The number of carbonyl (C=O) groups is 2. The van der Waals surface area contributed by atoms with Gasteiger partial charge in [-0.1, -0.05) is 6.07 Å². The summed E-state index contributed by atoms with van der Waals surface area (Å²) >= 11 is 0. The van der Waals surface area contributed by atoms with Crippen LogP contribution in [0.2, 0.25) is 0 Å². The van der Waals surface area contributed by atoms with Crippen LogP contribution < -0.4 is 11.2 Å². The number of nitrogens with two attached hydrogens (primary N) is 1. The van der Waals surface area contributed by atoms with Crippen LogP contribution in [0.4, 0.5) is 13.2 Å². The van der Waals surface area contributed by atoms with Crippen molar-refractivity contribution in [3.8, 4) is 0 Å². The SMILES string of the molecule is NN1CC[C@@H](C(=O)CNC(=O)c2cccc(C(F)(F)F)c2)C1. The molecule has 1 amide bonds. The molecule has 0 aromatic heterocycles. The smallest absolute Gasteiger partial charge is 0.345 e. The summed E-state index contributed by atoms with van der Waals surface area (Å²) in [7, 11) is 0. The molecule has 1 aromatic rings. The molecule has 8 heteroatoms. The van der Waals surface area contributed by atoms with Crippen LogP contribution in [0.5, 0.6) is 0 Å². The Labute approximate surface area is 125 Å². The van der Waals surface area contributed by atoms with Crippen molar-refractivity contribution in [2.75, 3.05) is 19.6 Å². The van der Waals surface area contributed by atoms with Gasteiger partial charge in [-0.2, -0.15) is 13.2 Å². The van der Waals surface area contributed by atoms with E-state index in [9.17, 15) is 22.8 Å². The maximum atomic E-state index is 12.6. The van der Waals surface area contributed by atoms with E-state index in [1.165, 1.54) is 11.1 Å². The summed E-state index contributed by atoms with van der Waals surface area (Å²) in [5.41, 5.74) is -1.03. The predicted molar refractivity (Wildman–Crippen MR) is 72.7 cm³/mol. The van der Waals surface area contributed by atoms with Crippen LogP contribution >= 0.6 is 0 Å². The molecule has 1 saturated heterocycles. The zero-order chi connectivity index (χ0) is 16.3. The van der Waals surface area contributed by atoms with Crippen LogP contribution in [0.25, 0.3) is 0 Å². The van der Waals surface area contributed by atoms with Crippen molar-refractivity contribution in [2.24, 2.45) is 11.8 Å². The van der Waals surface area contributed by atoms with Crippen molar-refractivity contribution in [3.05, 3.63) is 35.4 Å². The van der Waals surface area contributed by atoms with Gasteiger partial charge in [0.1, 0.15) is 0 Å². The summed E-state index contributed by atoms with van der Waals surface area (Å²) < 4.78 is 37.8. The third-order valence-electron chi connectivity index (χ3n) is 3.55. The number of Topliss-reactive ketones (excluding diaryl/α,β-unsaturated/α-hetero) is 1. The number of rotatable bonds is 4. The number of nitrogens with one attached hydrogen (secondary N) is 1. The second kappa shape index (κ2) is 6.45. The quantitative estimate of drug-likeness (QED) is 0.819. The summed E-state index contributed by atoms with van der Waals surface area (Å²) in [5.74, 6) is 4.43. The number of nitrogens with zero attached hydrogens (tertiary/aromatic N) is 1. The van der Waals surface area contributed by atoms with E-state index in [1.54, 1.807) is 0 Å². The van der Waals surface area contributed by atoms with E-state index in [4.69, 9.17) is 5.84 Å². The van der Waals surface area contributed by atoms with Crippen LogP contribution in [-0.4, -0.2) is 36.3 Å². The molecule has 0 aliphatic carbocycles. The first kappa shape index (κ1) is 16.4. The Hall–Kier alpha value is -1.93. The average Bonchev–Trinajstić information content (AvgIpc) is 2.90. The summed E-state index contributed by atoms with van der Waals surface area (Å²) in [4.78, 5) is 23.7. The number of amides is 1. The van der Waals surface area contributed by atoms with E-state index < -0.39 is 17.6 Å². The first-order valence-corrected chi connectivity index (χ1v) is 6.75. The van der Waals surface area contributed by atoms with Gasteiger partial charge < -0.3 is 5.32 Å². The Morgan fingerprint density at radius 1 is 1.36 bits per heavy atom. The van der Waals surface area contributed by atoms with Crippen molar-refractivity contribution in [3.63, 3.8) is 0 Å². The summed E-state index contributed by atoms with van der Waals surface area (Å²) in [5, 5.41) is 3.88. The van der Waals surface area contributed by atoms with E-state index in [1.807, 2.05) is 0 Å². The molecule has 1 fully saturated rings. The lowest BCUT2D eigenvalue weighted by Gasteiger charge is -2.11. The summed E-state index contributed by atoms with van der Waals surface area (Å²) in [6.45, 7) is 0.823. The molecular formula is C14H16F3N3O2. The Bertz CT molecular complexity index is 575. The summed E-state index contributed by atoms with van der Waals surface area (Å²) in [6, 6.07) is 4.07. The lowest BCUT2D eigenvalue weighted by atomic mass is 10.0. The molecule has 5 nitrogen and oxygen atoms in total. The molecule has 3 N–H and O–H groups in total. The standard InChI is InChI=1S/C14H16F3N3O2/c15-14(16,17)11-3-1-2-9(6-11)13(22)19-7-12(21)10-4-5-20(18)8-10/h1-3,6,10H,4-5,7-8,18H2,(H,19,22)/t10-/m1/s1. The number of hydrogen-bond acceptors (Lipinski definition) is 4. The third kappa shape index (κ3) is 4.05. The zero-order valence-electron chi connectivity index (χ0n) is 11.7. The normalized spacial score (nSPS) is 19.2. The highest BCUT2D eigenvalue weighted by atomic mass is 19.4. The Morgan fingerprint density at radius 3 is 2.68 bits per heavy atom. The molecular weight excluding hydrogens is 299 g/mol. The van der Waals surface area contributed by atoms with Gasteiger partial charge in [0.2, 0.25) is 0 Å². The fourth-order valence-electron chi connectivity index (χ4n) is 2.30. The summed E-state index contributed by atoms with van der Waals surface area (Å²) in [6.07, 6.45) is -3.89. The van der Waals surface area contributed by atoms with E-state index in [2.05, 4.69) is 5.32 Å². The number of carbonyl (C=O) groups excluding carboxylic acids is 2. The Balaban J connectivity index is 1.94. The number of hydrazine groups is 1. The van der Waals surface area contributed by atoms with Gasteiger partial charge in [0.15, 0.2) is 5.78 Å². The lowest BCUT2D eigenvalue weighted by Crippen LogP contribution is -2.35. The Kier molecular flexibility index (Phi) is 4.82.